The molecule has 0 heterocycles. The van der Waals surface area contributed by atoms with E-state index in [1.807, 2.05) is 30.3 Å². The molecular weight excluding hydrogens is 322 g/mol. The SMILES string of the molecule is O=C(O)C(Cc1ccccc1)=NCCCCC1CCCC2CCCCC12. The van der Waals surface area contributed by atoms with Crippen LogP contribution in [0.1, 0.15) is 69.8 Å². The van der Waals surface area contributed by atoms with Crippen molar-refractivity contribution < 1.29 is 9.90 Å². The summed E-state index contributed by atoms with van der Waals surface area (Å²) in [7, 11) is 0. The molecule has 1 N–H and O–H groups in total. The summed E-state index contributed by atoms with van der Waals surface area (Å²) in [6.07, 6.45) is 14.0. The second-order valence-electron chi connectivity index (χ2n) is 8.19. The zero-order chi connectivity index (χ0) is 18.2. The first-order chi connectivity index (χ1) is 12.7. The van der Waals surface area contributed by atoms with Crippen LogP contribution in [-0.2, 0) is 11.2 Å². The average molecular weight is 356 g/mol. The van der Waals surface area contributed by atoms with E-state index < -0.39 is 5.97 Å². The Labute approximate surface area is 157 Å². The lowest BCUT2D eigenvalue weighted by Crippen LogP contribution is -2.30. The summed E-state index contributed by atoms with van der Waals surface area (Å²) in [6, 6.07) is 9.75. The number of carbonyl (C=O) groups is 1. The van der Waals surface area contributed by atoms with Crippen molar-refractivity contribution in [2.45, 2.75) is 70.6 Å². The zero-order valence-corrected chi connectivity index (χ0v) is 15.9. The fourth-order valence-electron chi connectivity index (χ4n) is 5.15. The predicted molar refractivity (Wildman–Crippen MR) is 107 cm³/mol. The van der Waals surface area contributed by atoms with Crippen LogP contribution in [0.2, 0.25) is 0 Å². The molecule has 1 aromatic carbocycles. The van der Waals surface area contributed by atoms with Gasteiger partial charge in [-0.15, -0.1) is 0 Å². The molecule has 2 aliphatic rings. The lowest BCUT2D eigenvalue weighted by atomic mass is 9.64. The van der Waals surface area contributed by atoms with Gasteiger partial charge in [-0.05, 0) is 36.2 Å². The van der Waals surface area contributed by atoms with Crippen LogP contribution in [0.25, 0.3) is 0 Å². The Morgan fingerprint density at radius 1 is 1.00 bits per heavy atom. The number of carboxylic acids is 1. The lowest BCUT2D eigenvalue weighted by Gasteiger charge is -2.41. The van der Waals surface area contributed by atoms with Gasteiger partial charge in [0.05, 0.1) is 0 Å². The number of hydrogen-bond donors (Lipinski definition) is 1. The van der Waals surface area contributed by atoms with Crippen molar-refractivity contribution in [3.05, 3.63) is 35.9 Å². The molecule has 0 aromatic heterocycles. The van der Waals surface area contributed by atoms with Crippen LogP contribution >= 0.6 is 0 Å². The molecule has 0 saturated heterocycles. The van der Waals surface area contributed by atoms with Crippen LogP contribution in [0.3, 0.4) is 0 Å². The highest BCUT2D eigenvalue weighted by atomic mass is 16.4. The van der Waals surface area contributed by atoms with E-state index in [4.69, 9.17) is 0 Å². The molecule has 0 bridgehead atoms. The second-order valence-corrected chi connectivity index (χ2v) is 8.19. The van der Waals surface area contributed by atoms with Gasteiger partial charge >= 0.3 is 5.97 Å². The van der Waals surface area contributed by atoms with Crippen LogP contribution < -0.4 is 0 Å². The molecule has 2 aliphatic carbocycles. The van der Waals surface area contributed by atoms with Crippen molar-refractivity contribution in [1.82, 2.24) is 0 Å². The number of unbranched alkanes of at least 4 members (excludes halogenated alkanes) is 1. The molecule has 3 rings (SSSR count). The Balaban J connectivity index is 1.43. The largest absolute Gasteiger partial charge is 0.477 e. The maximum absolute atomic E-state index is 11.4. The smallest absolute Gasteiger partial charge is 0.350 e. The highest BCUT2D eigenvalue weighted by molar-refractivity contribution is 6.36. The first-order valence-electron chi connectivity index (χ1n) is 10.5. The second kappa shape index (κ2) is 9.89. The summed E-state index contributed by atoms with van der Waals surface area (Å²) in [5.74, 6) is 2.02. The Kier molecular flexibility index (Phi) is 7.28. The van der Waals surface area contributed by atoms with Crippen molar-refractivity contribution in [2.24, 2.45) is 22.7 Å². The molecule has 0 amide bonds. The minimum atomic E-state index is -0.883. The third-order valence-corrected chi connectivity index (χ3v) is 6.47. The Morgan fingerprint density at radius 2 is 1.77 bits per heavy atom. The van der Waals surface area contributed by atoms with E-state index in [0.29, 0.717) is 18.7 Å². The van der Waals surface area contributed by atoms with Gasteiger partial charge in [0.2, 0.25) is 0 Å². The van der Waals surface area contributed by atoms with Crippen LogP contribution in [-0.4, -0.2) is 23.3 Å². The molecule has 26 heavy (non-hydrogen) atoms. The quantitative estimate of drug-likeness (QED) is 0.492. The Morgan fingerprint density at radius 3 is 2.58 bits per heavy atom. The van der Waals surface area contributed by atoms with Gasteiger partial charge in [0.25, 0.3) is 0 Å². The molecule has 3 atom stereocenters. The number of rotatable bonds is 8. The highest BCUT2D eigenvalue weighted by Gasteiger charge is 2.34. The number of hydrogen-bond acceptors (Lipinski definition) is 2. The summed E-state index contributed by atoms with van der Waals surface area (Å²) >= 11 is 0. The van der Waals surface area contributed by atoms with Crippen molar-refractivity contribution in [3.63, 3.8) is 0 Å². The number of nitrogens with zero attached hydrogens (tertiary/aromatic N) is 1. The van der Waals surface area contributed by atoms with E-state index in [1.54, 1.807) is 0 Å². The van der Waals surface area contributed by atoms with Gasteiger partial charge in [0.1, 0.15) is 5.71 Å². The molecule has 0 radical (unpaired) electrons. The summed E-state index contributed by atoms with van der Waals surface area (Å²) in [5, 5.41) is 9.39. The fourth-order valence-corrected chi connectivity index (χ4v) is 5.15. The molecule has 1 aromatic rings. The Bertz CT molecular complexity index is 593. The van der Waals surface area contributed by atoms with E-state index in [1.165, 1.54) is 57.8 Å². The number of benzene rings is 1. The normalized spacial score (nSPS) is 26.3. The average Bonchev–Trinajstić information content (AvgIpc) is 2.67. The highest BCUT2D eigenvalue weighted by Crippen LogP contribution is 2.45. The van der Waals surface area contributed by atoms with Crippen LogP contribution in [0.5, 0.6) is 0 Å². The van der Waals surface area contributed by atoms with E-state index in [0.717, 1.165) is 29.7 Å². The number of carboxylic acid groups (broad SMARTS) is 1. The summed E-state index contributed by atoms with van der Waals surface area (Å²) < 4.78 is 0. The summed E-state index contributed by atoms with van der Waals surface area (Å²) in [4.78, 5) is 15.8. The molecular formula is C23H33NO2. The lowest BCUT2D eigenvalue weighted by molar-refractivity contribution is -0.129. The van der Waals surface area contributed by atoms with Crippen LogP contribution in [0.4, 0.5) is 0 Å². The molecule has 2 saturated carbocycles. The van der Waals surface area contributed by atoms with E-state index in [9.17, 15) is 9.90 Å². The maximum atomic E-state index is 11.4. The number of fused-ring (bicyclic) bond motifs is 1. The third-order valence-electron chi connectivity index (χ3n) is 6.47. The molecule has 142 valence electrons. The maximum Gasteiger partial charge on any atom is 0.350 e. The molecule has 3 nitrogen and oxygen atoms in total. The molecule has 2 fully saturated rings. The number of aliphatic carboxylic acids is 1. The standard InChI is InChI=1S/C23H33NO2/c25-23(26)22(17-18-9-2-1-3-10-18)24-16-7-6-12-20-14-8-13-19-11-4-5-15-21(19)20/h1-3,9-10,19-21H,4-8,11-17H2,(H,25,26). The minimum absolute atomic E-state index is 0.293. The molecule has 0 aliphatic heterocycles. The minimum Gasteiger partial charge on any atom is -0.477 e. The molecule has 3 unspecified atom stereocenters. The third kappa shape index (κ3) is 5.43. The van der Waals surface area contributed by atoms with Crippen molar-refractivity contribution >= 4 is 11.7 Å². The molecule has 3 heteroatoms. The molecule has 0 spiro atoms. The first-order valence-corrected chi connectivity index (χ1v) is 10.5. The van der Waals surface area contributed by atoms with Crippen LogP contribution in [0.15, 0.2) is 35.3 Å². The predicted octanol–water partition coefficient (Wildman–Crippen LogP) is 5.53. The van der Waals surface area contributed by atoms with Gasteiger partial charge in [0.15, 0.2) is 0 Å². The van der Waals surface area contributed by atoms with Gasteiger partial charge < -0.3 is 5.11 Å². The summed E-state index contributed by atoms with van der Waals surface area (Å²) in [5.41, 5.74) is 1.31. The van der Waals surface area contributed by atoms with Gasteiger partial charge in [-0.25, -0.2) is 4.79 Å². The monoisotopic (exact) mass is 355 g/mol. The van der Waals surface area contributed by atoms with Crippen LogP contribution in [0, 0.1) is 17.8 Å². The van der Waals surface area contributed by atoms with E-state index in [-0.39, 0.29) is 0 Å². The van der Waals surface area contributed by atoms with E-state index in [2.05, 4.69) is 4.99 Å². The van der Waals surface area contributed by atoms with E-state index >= 15 is 0 Å². The number of aliphatic imine (C=N–C) groups is 1. The topological polar surface area (TPSA) is 49.7 Å². The van der Waals surface area contributed by atoms with Crippen molar-refractivity contribution in [3.8, 4) is 0 Å². The zero-order valence-electron chi connectivity index (χ0n) is 15.9. The van der Waals surface area contributed by atoms with Gasteiger partial charge in [-0.2, -0.15) is 0 Å². The fraction of sp³-hybridized carbons (Fsp3) is 0.652. The first kappa shape index (κ1) is 19.1. The van der Waals surface area contributed by atoms with Crippen molar-refractivity contribution in [1.29, 1.82) is 0 Å². The van der Waals surface area contributed by atoms with Crippen molar-refractivity contribution in [2.75, 3.05) is 6.54 Å². The summed E-state index contributed by atoms with van der Waals surface area (Å²) in [6.45, 7) is 0.648. The van der Waals surface area contributed by atoms with Gasteiger partial charge in [-0.3, -0.25) is 4.99 Å². The van der Waals surface area contributed by atoms with Gasteiger partial charge in [0, 0.05) is 13.0 Å². The van der Waals surface area contributed by atoms with Gasteiger partial charge in [-0.1, -0.05) is 81.7 Å². The Hall–Kier alpha value is -1.64.